The SMILES string of the molecule is O=C(O)c1ccc2c(-c3ccccc3)c3n(c2c1)CCCCC3=O. The largest absolute Gasteiger partial charge is 0.478 e. The van der Waals surface area contributed by atoms with Gasteiger partial charge in [0.1, 0.15) is 0 Å². The first-order valence-corrected chi connectivity index (χ1v) is 8.15. The van der Waals surface area contributed by atoms with Crippen molar-refractivity contribution in [3.05, 3.63) is 59.8 Å². The van der Waals surface area contributed by atoms with Crippen LogP contribution in [0.15, 0.2) is 48.5 Å². The Hall–Kier alpha value is -2.88. The lowest BCUT2D eigenvalue weighted by atomic mass is 9.98. The number of carboxylic acids is 1. The fourth-order valence-corrected chi connectivity index (χ4v) is 3.58. The number of benzene rings is 2. The fourth-order valence-electron chi connectivity index (χ4n) is 3.58. The van der Waals surface area contributed by atoms with Crippen molar-refractivity contribution in [3.8, 4) is 11.1 Å². The summed E-state index contributed by atoms with van der Waals surface area (Å²) in [5, 5.41) is 10.2. The first-order chi connectivity index (χ1) is 11.7. The van der Waals surface area contributed by atoms with Crippen LogP contribution in [0.5, 0.6) is 0 Å². The van der Waals surface area contributed by atoms with Crippen LogP contribution in [0, 0.1) is 0 Å². The van der Waals surface area contributed by atoms with E-state index in [0.717, 1.165) is 47.1 Å². The quantitative estimate of drug-likeness (QED) is 0.763. The molecule has 4 heteroatoms. The number of Topliss-reactive ketones (excluding diaryl/α,β-unsaturated/α-hetero) is 1. The zero-order valence-corrected chi connectivity index (χ0v) is 13.2. The number of rotatable bonds is 2. The lowest BCUT2D eigenvalue weighted by Gasteiger charge is -2.07. The topological polar surface area (TPSA) is 59.3 Å². The predicted molar refractivity (Wildman–Crippen MR) is 92.5 cm³/mol. The highest BCUT2D eigenvalue weighted by Crippen LogP contribution is 2.37. The normalized spacial score (nSPS) is 14.4. The number of carboxylic acid groups (broad SMARTS) is 1. The van der Waals surface area contributed by atoms with Crippen molar-refractivity contribution in [2.45, 2.75) is 25.8 Å². The highest BCUT2D eigenvalue weighted by Gasteiger charge is 2.25. The molecule has 1 aliphatic rings. The minimum atomic E-state index is -0.950. The zero-order valence-electron chi connectivity index (χ0n) is 13.2. The molecule has 0 fully saturated rings. The van der Waals surface area contributed by atoms with E-state index in [9.17, 15) is 14.7 Å². The smallest absolute Gasteiger partial charge is 0.335 e. The van der Waals surface area contributed by atoms with Gasteiger partial charge in [-0.15, -0.1) is 0 Å². The minimum absolute atomic E-state index is 0.138. The summed E-state index contributed by atoms with van der Waals surface area (Å²) in [5.41, 5.74) is 3.72. The van der Waals surface area contributed by atoms with Crippen LogP contribution in [0.2, 0.25) is 0 Å². The Kier molecular flexibility index (Phi) is 3.45. The molecule has 0 radical (unpaired) electrons. The Bertz CT molecular complexity index is 954. The number of nitrogens with zero attached hydrogens (tertiary/aromatic N) is 1. The summed E-state index contributed by atoms with van der Waals surface area (Å²) in [5.74, 6) is -0.812. The molecule has 24 heavy (non-hydrogen) atoms. The Morgan fingerprint density at radius 3 is 2.58 bits per heavy atom. The van der Waals surface area contributed by atoms with Crippen molar-refractivity contribution in [3.63, 3.8) is 0 Å². The Balaban J connectivity index is 2.10. The molecule has 0 saturated carbocycles. The summed E-state index contributed by atoms with van der Waals surface area (Å²) < 4.78 is 2.01. The van der Waals surface area contributed by atoms with E-state index in [1.807, 2.05) is 41.0 Å². The number of carbonyl (C=O) groups is 2. The molecule has 0 aliphatic carbocycles. The van der Waals surface area contributed by atoms with E-state index in [2.05, 4.69) is 0 Å². The van der Waals surface area contributed by atoms with E-state index in [-0.39, 0.29) is 11.3 Å². The number of fused-ring (bicyclic) bond motifs is 3. The fraction of sp³-hybridized carbons (Fsp3) is 0.200. The summed E-state index contributed by atoms with van der Waals surface area (Å²) in [6.07, 6.45) is 2.34. The van der Waals surface area contributed by atoms with Crippen molar-refractivity contribution in [2.75, 3.05) is 0 Å². The summed E-state index contributed by atoms with van der Waals surface area (Å²) in [6.45, 7) is 0.744. The zero-order chi connectivity index (χ0) is 16.7. The van der Waals surface area contributed by atoms with Gasteiger partial charge in [0, 0.05) is 23.9 Å². The van der Waals surface area contributed by atoms with Crippen LogP contribution in [0.3, 0.4) is 0 Å². The molecule has 4 rings (SSSR count). The molecule has 2 heterocycles. The summed E-state index contributed by atoms with van der Waals surface area (Å²) in [4.78, 5) is 24.1. The number of carbonyl (C=O) groups excluding carboxylic acids is 1. The van der Waals surface area contributed by atoms with Crippen LogP contribution >= 0.6 is 0 Å². The summed E-state index contributed by atoms with van der Waals surface area (Å²) >= 11 is 0. The Morgan fingerprint density at radius 2 is 1.83 bits per heavy atom. The molecular formula is C20H17NO3. The van der Waals surface area contributed by atoms with Crippen LogP contribution in [-0.2, 0) is 6.54 Å². The van der Waals surface area contributed by atoms with Crippen LogP contribution in [0.1, 0.15) is 40.1 Å². The molecule has 120 valence electrons. The second-order valence-corrected chi connectivity index (χ2v) is 6.16. The van der Waals surface area contributed by atoms with Crippen molar-refractivity contribution in [1.82, 2.24) is 4.57 Å². The summed E-state index contributed by atoms with van der Waals surface area (Å²) in [7, 11) is 0. The Labute approximate surface area is 139 Å². The first-order valence-electron chi connectivity index (χ1n) is 8.15. The highest BCUT2D eigenvalue weighted by molar-refractivity contribution is 6.12. The lowest BCUT2D eigenvalue weighted by molar-refractivity contribution is 0.0696. The molecular weight excluding hydrogens is 302 g/mol. The van der Waals surface area contributed by atoms with E-state index >= 15 is 0 Å². The number of hydrogen-bond donors (Lipinski definition) is 1. The molecule has 1 N–H and O–H groups in total. The standard InChI is InChI=1S/C20H17NO3/c22-17-8-4-5-11-21-16-12-14(20(23)24)9-10-15(16)18(19(17)21)13-6-2-1-3-7-13/h1-3,6-7,9-10,12H,4-5,8,11H2,(H,23,24). The molecule has 3 aromatic rings. The molecule has 0 saturated heterocycles. The van der Waals surface area contributed by atoms with Crippen LogP contribution in [0.4, 0.5) is 0 Å². The molecule has 0 amide bonds. The average molecular weight is 319 g/mol. The Morgan fingerprint density at radius 1 is 1.04 bits per heavy atom. The van der Waals surface area contributed by atoms with E-state index in [4.69, 9.17) is 0 Å². The van der Waals surface area contributed by atoms with Crippen LogP contribution in [0.25, 0.3) is 22.0 Å². The number of aryl methyl sites for hydroxylation is 1. The van der Waals surface area contributed by atoms with Gasteiger partial charge >= 0.3 is 5.97 Å². The monoisotopic (exact) mass is 319 g/mol. The molecule has 0 spiro atoms. The van der Waals surface area contributed by atoms with Gasteiger partial charge in [-0.3, -0.25) is 4.79 Å². The third-order valence-corrected chi connectivity index (χ3v) is 4.67. The maximum absolute atomic E-state index is 12.8. The molecule has 1 aromatic heterocycles. The van der Waals surface area contributed by atoms with Gasteiger partial charge in [-0.1, -0.05) is 36.4 Å². The van der Waals surface area contributed by atoms with E-state index in [0.29, 0.717) is 6.42 Å². The molecule has 1 aliphatic heterocycles. The second kappa shape index (κ2) is 5.64. The maximum Gasteiger partial charge on any atom is 0.335 e. The van der Waals surface area contributed by atoms with Crippen molar-refractivity contribution in [2.24, 2.45) is 0 Å². The number of hydrogen-bond acceptors (Lipinski definition) is 2. The van der Waals surface area contributed by atoms with Crippen LogP contribution < -0.4 is 0 Å². The first kappa shape index (κ1) is 14.7. The van der Waals surface area contributed by atoms with Gasteiger partial charge in [0.15, 0.2) is 5.78 Å². The molecule has 2 aromatic carbocycles. The third-order valence-electron chi connectivity index (χ3n) is 4.67. The molecule has 0 bridgehead atoms. The second-order valence-electron chi connectivity index (χ2n) is 6.16. The minimum Gasteiger partial charge on any atom is -0.478 e. The van der Waals surface area contributed by atoms with Crippen molar-refractivity contribution in [1.29, 1.82) is 0 Å². The van der Waals surface area contributed by atoms with Gasteiger partial charge in [-0.05, 0) is 30.5 Å². The highest BCUT2D eigenvalue weighted by atomic mass is 16.4. The number of aromatic nitrogens is 1. The van der Waals surface area contributed by atoms with E-state index in [1.54, 1.807) is 12.1 Å². The van der Waals surface area contributed by atoms with Crippen LogP contribution in [-0.4, -0.2) is 21.4 Å². The summed E-state index contributed by atoms with van der Waals surface area (Å²) in [6, 6.07) is 15.0. The predicted octanol–water partition coefficient (Wildman–Crippen LogP) is 4.37. The number of ketones is 1. The van der Waals surface area contributed by atoms with Gasteiger partial charge in [0.05, 0.1) is 16.8 Å². The van der Waals surface area contributed by atoms with Gasteiger partial charge in [0.2, 0.25) is 0 Å². The van der Waals surface area contributed by atoms with Gasteiger partial charge in [-0.25, -0.2) is 4.79 Å². The molecule has 4 nitrogen and oxygen atoms in total. The van der Waals surface area contributed by atoms with Gasteiger partial charge in [0.25, 0.3) is 0 Å². The third kappa shape index (κ3) is 2.22. The van der Waals surface area contributed by atoms with E-state index < -0.39 is 5.97 Å². The number of aromatic carboxylic acids is 1. The van der Waals surface area contributed by atoms with Crippen molar-refractivity contribution < 1.29 is 14.7 Å². The molecule has 0 atom stereocenters. The van der Waals surface area contributed by atoms with Gasteiger partial charge in [-0.2, -0.15) is 0 Å². The average Bonchev–Trinajstić information content (AvgIpc) is 2.80. The van der Waals surface area contributed by atoms with Crippen molar-refractivity contribution >= 4 is 22.7 Å². The lowest BCUT2D eigenvalue weighted by Crippen LogP contribution is -2.06. The van der Waals surface area contributed by atoms with Gasteiger partial charge < -0.3 is 9.67 Å². The maximum atomic E-state index is 12.8. The van der Waals surface area contributed by atoms with E-state index in [1.165, 1.54) is 0 Å². The molecule has 0 unspecified atom stereocenters.